The van der Waals surface area contributed by atoms with Crippen LogP contribution in [0.3, 0.4) is 0 Å². The van der Waals surface area contributed by atoms with Crippen LogP contribution in [0.2, 0.25) is 0 Å². The number of carbonyl (C=O) groups is 1. The number of thiophene rings is 1. The van der Waals surface area contributed by atoms with Crippen LogP contribution in [0.15, 0.2) is 104 Å². The molecule has 0 fully saturated rings. The molecule has 0 bridgehead atoms. The van der Waals surface area contributed by atoms with Gasteiger partial charge in [-0.2, -0.15) is 0 Å². The number of aromatic nitrogens is 1. The number of para-hydroxylation sites is 1. The van der Waals surface area contributed by atoms with E-state index in [2.05, 4.69) is 10.3 Å². The quantitative estimate of drug-likeness (QED) is 0.205. The van der Waals surface area contributed by atoms with Crippen LogP contribution in [0, 0.1) is 10.1 Å². The van der Waals surface area contributed by atoms with Gasteiger partial charge < -0.3 is 14.5 Å². The highest BCUT2D eigenvalue weighted by molar-refractivity contribution is 7.10. The molecule has 2 aromatic carbocycles. The van der Waals surface area contributed by atoms with Crippen LogP contribution < -0.4 is 24.9 Å². The van der Waals surface area contributed by atoms with Crippen LogP contribution in [0.5, 0.6) is 5.75 Å². The molecule has 1 amide bonds. The lowest BCUT2D eigenvalue weighted by Gasteiger charge is -2.24. The first-order valence-corrected chi connectivity index (χ1v) is 14.4. The van der Waals surface area contributed by atoms with Crippen molar-refractivity contribution >= 4 is 46.0 Å². The van der Waals surface area contributed by atoms with Gasteiger partial charge in [-0.05, 0) is 48.7 Å². The maximum atomic E-state index is 13.8. The number of hydrogen-bond acceptors (Lipinski definition) is 9. The number of ether oxygens (including phenoxy) is 1. The highest BCUT2D eigenvalue weighted by Crippen LogP contribution is 2.35. The molecule has 1 aliphatic heterocycles. The Labute approximate surface area is 246 Å². The van der Waals surface area contributed by atoms with E-state index in [0.29, 0.717) is 43.4 Å². The van der Waals surface area contributed by atoms with Crippen LogP contribution in [-0.2, 0) is 4.79 Å². The van der Waals surface area contributed by atoms with Crippen molar-refractivity contribution in [2.45, 2.75) is 13.0 Å². The standard InChI is InChI=1S/C30H22N4O6S2/c1-17-26(28(35)32-18-7-4-3-5-8-18)27(24-9-6-14-41-24)33-29(36)25(42-30(33)31-17)16-20-11-13-22(40-20)21-12-10-19(34(37)38)15-23(21)39-2/h3-16,27H,1-2H3,(H,32,35)/b25-16-/t27-/m0/s1. The molecule has 6 rings (SSSR count). The number of nitrogens with one attached hydrogen (secondary N) is 1. The average Bonchev–Trinajstić information content (AvgIpc) is 3.74. The van der Waals surface area contributed by atoms with Gasteiger partial charge in [-0.1, -0.05) is 35.6 Å². The van der Waals surface area contributed by atoms with Gasteiger partial charge in [-0.15, -0.1) is 11.3 Å². The molecule has 0 radical (unpaired) electrons. The van der Waals surface area contributed by atoms with Crippen molar-refractivity contribution in [3.63, 3.8) is 0 Å². The minimum atomic E-state index is -0.649. The van der Waals surface area contributed by atoms with Crippen molar-refractivity contribution in [3.8, 4) is 17.1 Å². The number of nitro groups is 1. The van der Waals surface area contributed by atoms with Crippen LogP contribution in [0.4, 0.5) is 11.4 Å². The van der Waals surface area contributed by atoms with E-state index in [1.807, 2.05) is 35.7 Å². The first-order valence-electron chi connectivity index (χ1n) is 12.7. The molecule has 0 saturated carbocycles. The van der Waals surface area contributed by atoms with E-state index >= 15 is 0 Å². The molecule has 0 spiro atoms. The van der Waals surface area contributed by atoms with Crippen LogP contribution in [-0.4, -0.2) is 22.5 Å². The second-order valence-electron chi connectivity index (χ2n) is 9.26. The average molecular weight is 599 g/mol. The molecule has 1 N–H and O–H groups in total. The fraction of sp³-hybridized carbons (Fsp3) is 0.100. The molecule has 210 valence electrons. The van der Waals surface area contributed by atoms with Gasteiger partial charge in [0.2, 0.25) is 0 Å². The molecule has 1 atom stereocenters. The molecular formula is C30H22N4O6S2. The molecule has 0 saturated heterocycles. The summed E-state index contributed by atoms with van der Waals surface area (Å²) in [6.45, 7) is 1.77. The van der Waals surface area contributed by atoms with Gasteiger partial charge in [0, 0.05) is 22.7 Å². The number of methoxy groups -OCH3 is 1. The van der Waals surface area contributed by atoms with E-state index in [1.54, 1.807) is 47.9 Å². The Morgan fingerprint density at radius 1 is 1.14 bits per heavy atom. The predicted molar refractivity (Wildman–Crippen MR) is 161 cm³/mol. The summed E-state index contributed by atoms with van der Waals surface area (Å²) < 4.78 is 13.3. The van der Waals surface area contributed by atoms with Gasteiger partial charge in [0.25, 0.3) is 17.2 Å². The number of anilines is 1. The highest BCUT2D eigenvalue weighted by Gasteiger charge is 2.33. The van der Waals surface area contributed by atoms with Crippen molar-refractivity contribution in [2.75, 3.05) is 12.4 Å². The lowest BCUT2D eigenvalue weighted by molar-refractivity contribution is -0.384. The van der Waals surface area contributed by atoms with Gasteiger partial charge in [0.05, 0.1) is 39.5 Å². The molecule has 10 nitrogen and oxygen atoms in total. The highest BCUT2D eigenvalue weighted by atomic mass is 32.1. The number of nitrogens with zero attached hydrogens (tertiary/aromatic N) is 3. The summed E-state index contributed by atoms with van der Waals surface area (Å²) in [5.41, 5.74) is 1.69. The van der Waals surface area contributed by atoms with E-state index in [-0.39, 0.29) is 22.9 Å². The predicted octanol–water partition coefficient (Wildman–Crippen LogP) is 5.11. The molecule has 1 aliphatic rings. The van der Waals surface area contributed by atoms with Crippen LogP contribution >= 0.6 is 22.7 Å². The Kier molecular flexibility index (Phi) is 7.15. The number of rotatable bonds is 7. The van der Waals surface area contributed by atoms with Gasteiger partial charge in [-0.25, -0.2) is 4.99 Å². The largest absolute Gasteiger partial charge is 0.496 e. The molecule has 0 unspecified atom stereocenters. The Morgan fingerprint density at radius 2 is 1.95 bits per heavy atom. The van der Waals surface area contributed by atoms with E-state index in [9.17, 15) is 19.7 Å². The number of carbonyl (C=O) groups excluding carboxylic acids is 1. The summed E-state index contributed by atoms with van der Waals surface area (Å²) in [7, 11) is 1.42. The minimum absolute atomic E-state index is 0.101. The van der Waals surface area contributed by atoms with Crippen LogP contribution in [0.25, 0.3) is 17.4 Å². The van der Waals surface area contributed by atoms with Gasteiger partial charge in [0.1, 0.15) is 23.3 Å². The lowest BCUT2D eigenvalue weighted by Crippen LogP contribution is -2.40. The normalized spacial score (nSPS) is 14.8. The smallest absolute Gasteiger partial charge is 0.273 e. The second-order valence-corrected chi connectivity index (χ2v) is 11.2. The van der Waals surface area contributed by atoms with Crippen molar-refractivity contribution in [1.29, 1.82) is 0 Å². The number of furan rings is 1. The summed E-state index contributed by atoms with van der Waals surface area (Å²) in [6.07, 6.45) is 1.62. The molecule has 5 aromatic rings. The molecule has 42 heavy (non-hydrogen) atoms. The molecular weight excluding hydrogens is 576 g/mol. The number of benzene rings is 2. The number of thiazole rings is 1. The Hall–Kier alpha value is -5.07. The maximum Gasteiger partial charge on any atom is 0.273 e. The minimum Gasteiger partial charge on any atom is -0.496 e. The number of hydrogen-bond donors (Lipinski definition) is 1. The van der Waals surface area contributed by atoms with Gasteiger partial charge in [0.15, 0.2) is 4.80 Å². The van der Waals surface area contributed by atoms with E-state index in [0.717, 1.165) is 4.88 Å². The summed E-state index contributed by atoms with van der Waals surface area (Å²) in [4.78, 5) is 44.0. The van der Waals surface area contributed by atoms with E-state index < -0.39 is 11.0 Å². The third kappa shape index (κ3) is 4.97. The summed E-state index contributed by atoms with van der Waals surface area (Å²) in [5.74, 6) is 0.786. The number of allylic oxidation sites excluding steroid dienone is 1. The fourth-order valence-electron chi connectivity index (χ4n) is 4.75. The van der Waals surface area contributed by atoms with Crippen molar-refractivity contribution in [2.24, 2.45) is 4.99 Å². The summed E-state index contributed by atoms with van der Waals surface area (Å²) in [6, 6.07) is 19.9. The zero-order valence-corrected chi connectivity index (χ0v) is 23.9. The third-order valence-electron chi connectivity index (χ3n) is 6.67. The van der Waals surface area contributed by atoms with Crippen molar-refractivity contribution in [3.05, 3.63) is 130 Å². The van der Waals surface area contributed by atoms with E-state index in [1.165, 1.54) is 41.9 Å². The SMILES string of the molecule is COc1cc([N+](=O)[O-])ccc1-c1ccc(/C=c2\sc3n(c2=O)[C@@H](c2cccs2)C(C(=O)Nc2ccccc2)=C(C)N=3)o1. The Balaban J connectivity index is 1.40. The zero-order valence-electron chi connectivity index (χ0n) is 22.3. The molecule has 0 aliphatic carbocycles. The zero-order chi connectivity index (χ0) is 29.4. The fourth-order valence-corrected chi connectivity index (χ4v) is 6.60. The first-order chi connectivity index (χ1) is 20.3. The molecule has 4 heterocycles. The number of fused-ring (bicyclic) bond motifs is 1. The summed E-state index contributed by atoms with van der Waals surface area (Å²) >= 11 is 2.66. The van der Waals surface area contributed by atoms with Gasteiger partial charge in [-0.3, -0.25) is 24.3 Å². The van der Waals surface area contributed by atoms with Crippen molar-refractivity contribution < 1.29 is 18.9 Å². The number of non-ortho nitro benzene ring substituents is 1. The monoisotopic (exact) mass is 598 g/mol. The first kappa shape index (κ1) is 27.1. The molecule has 3 aromatic heterocycles. The number of amides is 1. The summed E-state index contributed by atoms with van der Waals surface area (Å²) in [5, 5.41) is 16.0. The Bertz CT molecular complexity index is 2040. The second kappa shape index (κ2) is 11.1. The van der Waals surface area contributed by atoms with Crippen LogP contribution in [0.1, 0.15) is 23.6 Å². The number of nitro benzene ring substituents is 1. The maximum absolute atomic E-state index is 13.8. The Morgan fingerprint density at radius 3 is 2.67 bits per heavy atom. The van der Waals surface area contributed by atoms with Crippen molar-refractivity contribution in [1.82, 2.24) is 4.57 Å². The topological polar surface area (TPSA) is 129 Å². The molecule has 12 heteroatoms. The lowest BCUT2D eigenvalue weighted by atomic mass is 10.0. The third-order valence-corrected chi connectivity index (χ3v) is 8.58. The van der Waals surface area contributed by atoms with E-state index in [4.69, 9.17) is 9.15 Å². The van der Waals surface area contributed by atoms with Gasteiger partial charge >= 0.3 is 0 Å².